The highest BCUT2D eigenvalue weighted by molar-refractivity contribution is 5.93. The second-order valence-electron chi connectivity index (χ2n) is 7.11. The molecule has 23 heavy (non-hydrogen) atoms. The van der Waals surface area contributed by atoms with E-state index < -0.39 is 0 Å². The summed E-state index contributed by atoms with van der Waals surface area (Å²) in [5, 5.41) is 8.58. The Kier molecular flexibility index (Phi) is 3.99. The number of nitrogens with one attached hydrogen (secondary N) is 3. The fourth-order valence-corrected chi connectivity index (χ4v) is 3.86. The maximum atomic E-state index is 5.32. The second-order valence-corrected chi connectivity index (χ2v) is 7.11. The van der Waals surface area contributed by atoms with Crippen LogP contribution in [0, 0.1) is 5.92 Å². The summed E-state index contributed by atoms with van der Waals surface area (Å²) in [6, 6.07) is 3.24. The molecule has 4 rings (SSSR count). The van der Waals surface area contributed by atoms with Gasteiger partial charge in [-0.05, 0) is 49.7 Å². The van der Waals surface area contributed by atoms with Crippen LogP contribution in [-0.4, -0.2) is 42.3 Å². The van der Waals surface area contributed by atoms with Gasteiger partial charge in [0.2, 0.25) is 0 Å². The van der Waals surface area contributed by atoms with E-state index in [2.05, 4.69) is 39.8 Å². The summed E-state index contributed by atoms with van der Waals surface area (Å²) in [5.74, 6) is 1.27. The fourth-order valence-electron chi connectivity index (χ4n) is 3.86. The van der Waals surface area contributed by atoms with Gasteiger partial charge in [0, 0.05) is 55.8 Å². The fraction of sp³-hybridized carbons (Fsp3) is 0.611. The molecule has 2 aromatic rings. The number of pyridine rings is 1. The highest BCUT2D eigenvalue weighted by Crippen LogP contribution is 2.50. The Morgan fingerprint density at radius 3 is 3.09 bits per heavy atom. The van der Waals surface area contributed by atoms with E-state index in [-0.39, 0.29) is 0 Å². The third kappa shape index (κ3) is 2.95. The molecule has 1 saturated carbocycles. The number of rotatable bonds is 5. The average molecular weight is 314 g/mol. The summed E-state index contributed by atoms with van der Waals surface area (Å²) in [5.41, 5.74) is 3.61. The molecule has 2 aromatic heterocycles. The number of nitrogens with zero attached hydrogens (tertiary/aromatic N) is 1. The molecule has 5 nitrogen and oxygen atoms in total. The highest BCUT2D eigenvalue weighted by atomic mass is 16.5. The van der Waals surface area contributed by atoms with E-state index in [1.165, 1.54) is 35.9 Å². The summed E-state index contributed by atoms with van der Waals surface area (Å²) < 4.78 is 5.32. The van der Waals surface area contributed by atoms with Crippen molar-refractivity contribution in [2.45, 2.75) is 44.2 Å². The molecule has 0 spiro atoms. The number of methoxy groups -OCH3 is 1. The lowest BCUT2D eigenvalue weighted by atomic mass is 10.0. The molecule has 2 aliphatic rings. The van der Waals surface area contributed by atoms with Gasteiger partial charge in [0.05, 0.1) is 0 Å². The van der Waals surface area contributed by atoms with E-state index in [9.17, 15) is 0 Å². The van der Waals surface area contributed by atoms with Crippen molar-refractivity contribution in [3.05, 3.63) is 24.0 Å². The van der Waals surface area contributed by atoms with Gasteiger partial charge >= 0.3 is 0 Å². The maximum Gasteiger partial charge on any atom is 0.139 e. The van der Waals surface area contributed by atoms with E-state index >= 15 is 0 Å². The van der Waals surface area contributed by atoms with Crippen LogP contribution >= 0.6 is 0 Å². The zero-order valence-corrected chi connectivity index (χ0v) is 13.9. The first-order chi connectivity index (χ1) is 11.3. The molecule has 1 aliphatic heterocycles. The van der Waals surface area contributed by atoms with Crippen molar-refractivity contribution in [1.29, 1.82) is 0 Å². The van der Waals surface area contributed by atoms with Crippen LogP contribution in [0.15, 0.2) is 18.5 Å². The van der Waals surface area contributed by atoms with Crippen LogP contribution < -0.4 is 10.6 Å². The molecule has 1 aliphatic carbocycles. The first kappa shape index (κ1) is 15.0. The van der Waals surface area contributed by atoms with E-state index in [1.807, 2.05) is 6.20 Å². The molecule has 0 amide bonds. The van der Waals surface area contributed by atoms with Gasteiger partial charge in [-0.1, -0.05) is 0 Å². The molecule has 0 aromatic carbocycles. The number of piperidine rings is 1. The third-order valence-corrected chi connectivity index (χ3v) is 5.33. The second kappa shape index (κ2) is 6.13. The minimum atomic E-state index is 0.494. The van der Waals surface area contributed by atoms with Gasteiger partial charge in [0.1, 0.15) is 5.65 Å². The topological polar surface area (TPSA) is 62.0 Å². The number of hydrogen-bond acceptors (Lipinski definition) is 4. The summed E-state index contributed by atoms with van der Waals surface area (Å²) in [6.07, 6.45) is 7.70. The van der Waals surface area contributed by atoms with E-state index in [1.54, 1.807) is 7.11 Å². The lowest BCUT2D eigenvalue weighted by Crippen LogP contribution is -2.43. The van der Waals surface area contributed by atoms with Crippen molar-refractivity contribution in [3.8, 4) is 0 Å². The predicted octanol–water partition coefficient (Wildman–Crippen LogP) is 2.87. The van der Waals surface area contributed by atoms with Crippen molar-refractivity contribution >= 4 is 16.7 Å². The molecule has 1 saturated heterocycles. The standard InChI is InChI=1S/C18H26N4O/c1-11-3-4-13(8-20-11)22-16-5-6-19-18-17(16)15(9-21-18)14-7-12(14)10-23-2/h5-6,9,11-14,20H,3-4,7-8,10H2,1-2H3,(H2,19,21,22). The van der Waals surface area contributed by atoms with Gasteiger partial charge in [-0.15, -0.1) is 0 Å². The number of hydrogen-bond donors (Lipinski definition) is 3. The minimum absolute atomic E-state index is 0.494. The zero-order valence-electron chi connectivity index (χ0n) is 13.9. The van der Waals surface area contributed by atoms with Gasteiger partial charge in [-0.2, -0.15) is 0 Å². The number of fused-ring (bicyclic) bond motifs is 1. The van der Waals surface area contributed by atoms with Gasteiger partial charge in [0.25, 0.3) is 0 Å². The largest absolute Gasteiger partial charge is 0.384 e. The first-order valence-electron chi connectivity index (χ1n) is 8.71. The summed E-state index contributed by atoms with van der Waals surface area (Å²) in [6.45, 7) is 4.14. The van der Waals surface area contributed by atoms with Crippen LogP contribution in [-0.2, 0) is 4.74 Å². The van der Waals surface area contributed by atoms with Crippen LogP contribution in [0.25, 0.3) is 11.0 Å². The van der Waals surface area contributed by atoms with Crippen molar-refractivity contribution in [3.63, 3.8) is 0 Å². The lowest BCUT2D eigenvalue weighted by Gasteiger charge is -2.29. The highest BCUT2D eigenvalue weighted by Gasteiger charge is 2.40. The van der Waals surface area contributed by atoms with E-state index in [4.69, 9.17) is 4.74 Å². The van der Waals surface area contributed by atoms with Crippen molar-refractivity contribution in [2.75, 3.05) is 25.6 Å². The van der Waals surface area contributed by atoms with Crippen molar-refractivity contribution < 1.29 is 4.74 Å². The third-order valence-electron chi connectivity index (χ3n) is 5.33. The number of ether oxygens (including phenoxy) is 1. The predicted molar refractivity (Wildman–Crippen MR) is 92.9 cm³/mol. The van der Waals surface area contributed by atoms with Crippen molar-refractivity contribution in [1.82, 2.24) is 15.3 Å². The number of H-pyrrole nitrogens is 1. The molecule has 3 N–H and O–H groups in total. The molecule has 4 unspecified atom stereocenters. The molecular weight excluding hydrogens is 288 g/mol. The first-order valence-corrected chi connectivity index (χ1v) is 8.71. The van der Waals surface area contributed by atoms with Gasteiger partial charge in [0.15, 0.2) is 0 Å². The zero-order chi connectivity index (χ0) is 15.8. The normalized spacial score (nSPS) is 30.5. The number of aromatic amines is 1. The molecular formula is C18H26N4O. The van der Waals surface area contributed by atoms with Crippen LogP contribution in [0.5, 0.6) is 0 Å². The molecule has 0 bridgehead atoms. The minimum Gasteiger partial charge on any atom is -0.384 e. The van der Waals surface area contributed by atoms with Crippen LogP contribution in [0.1, 0.15) is 37.7 Å². The molecule has 5 heteroatoms. The lowest BCUT2D eigenvalue weighted by molar-refractivity contribution is 0.184. The Labute approximate surface area is 137 Å². The molecule has 0 radical (unpaired) electrons. The Bertz CT molecular complexity index is 675. The number of anilines is 1. The van der Waals surface area contributed by atoms with E-state index in [0.717, 1.165) is 18.8 Å². The smallest absolute Gasteiger partial charge is 0.139 e. The van der Waals surface area contributed by atoms with Crippen molar-refractivity contribution in [2.24, 2.45) is 5.92 Å². The van der Waals surface area contributed by atoms with Gasteiger partial charge < -0.3 is 20.4 Å². The monoisotopic (exact) mass is 314 g/mol. The Hall–Kier alpha value is -1.59. The molecule has 4 atom stereocenters. The van der Waals surface area contributed by atoms with E-state index in [0.29, 0.717) is 23.9 Å². The van der Waals surface area contributed by atoms with Crippen LogP contribution in [0.4, 0.5) is 5.69 Å². The molecule has 2 fully saturated rings. The van der Waals surface area contributed by atoms with Gasteiger partial charge in [-0.25, -0.2) is 4.98 Å². The Balaban J connectivity index is 1.58. The quantitative estimate of drug-likeness (QED) is 0.794. The molecule has 124 valence electrons. The summed E-state index contributed by atoms with van der Waals surface area (Å²) in [7, 11) is 1.79. The maximum absolute atomic E-state index is 5.32. The SMILES string of the molecule is COCC1CC1c1c[nH]c2nccc(NC3CCC(C)NC3)c12. The molecule has 3 heterocycles. The number of aromatic nitrogens is 2. The van der Waals surface area contributed by atoms with Gasteiger partial charge in [-0.3, -0.25) is 0 Å². The Morgan fingerprint density at radius 1 is 1.39 bits per heavy atom. The average Bonchev–Trinajstić information content (AvgIpc) is 3.18. The summed E-state index contributed by atoms with van der Waals surface area (Å²) >= 11 is 0. The van der Waals surface area contributed by atoms with Crippen LogP contribution in [0.3, 0.4) is 0 Å². The summed E-state index contributed by atoms with van der Waals surface area (Å²) in [4.78, 5) is 7.86. The van der Waals surface area contributed by atoms with Crippen LogP contribution in [0.2, 0.25) is 0 Å². The Morgan fingerprint density at radius 2 is 2.30 bits per heavy atom.